The van der Waals surface area contributed by atoms with Crippen molar-refractivity contribution in [2.75, 3.05) is 26.4 Å². The van der Waals surface area contributed by atoms with Gasteiger partial charge in [-0.2, -0.15) is 0 Å². The Morgan fingerprint density at radius 1 is 0.655 bits per heavy atom. The van der Waals surface area contributed by atoms with Gasteiger partial charge in [-0.1, -0.05) is 35.4 Å². The Bertz CT molecular complexity index is 783. The van der Waals surface area contributed by atoms with Crippen LogP contribution in [-0.2, 0) is 18.1 Å². The number of hydrogen-bond donors (Lipinski definition) is 0. The monoisotopic (exact) mass is 436 g/mol. The second-order valence-corrected chi connectivity index (χ2v) is 10.1. The smallest absolute Gasteiger partial charge is 0.397 e. The maximum Gasteiger partial charge on any atom is 0.397 e. The minimum Gasteiger partial charge on any atom is -0.426 e. The van der Waals surface area contributed by atoms with Crippen LogP contribution in [0.25, 0.3) is 0 Å². The lowest BCUT2D eigenvalue weighted by Gasteiger charge is -2.41. The van der Waals surface area contributed by atoms with Gasteiger partial charge in [0.15, 0.2) is 0 Å². The lowest BCUT2D eigenvalue weighted by atomic mass is 9.93. The Morgan fingerprint density at radius 3 is 1.38 bits per heavy atom. The largest absolute Gasteiger partial charge is 0.426 e. The van der Waals surface area contributed by atoms with Crippen molar-refractivity contribution in [1.29, 1.82) is 0 Å². The standard InChI is InChI=1S/C21H26O6P2/c1-15-5-7-19(17(3)9-15)26-28-22-11-21(12-23-28)13-24-29(25-14-21)27-20-8-6-16(2)10-18(20)4/h5-10H,11-14H2,1-4H3. The van der Waals surface area contributed by atoms with E-state index < -0.39 is 17.2 Å². The average molecular weight is 436 g/mol. The summed E-state index contributed by atoms with van der Waals surface area (Å²) in [5.41, 5.74) is 4.21. The maximum absolute atomic E-state index is 5.92. The predicted molar refractivity (Wildman–Crippen MR) is 113 cm³/mol. The van der Waals surface area contributed by atoms with Crippen molar-refractivity contribution in [3.8, 4) is 11.5 Å². The van der Waals surface area contributed by atoms with Crippen LogP contribution in [0, 0.1) is 33.1 Å². The molecule has 2 aliphatic heterocycles. The van der Waals surface area contributed by atoms with Crippen LogP contribution in [0.4, 0.5) is 0 Å². The number of hydrogen-bond acceptors (Lipinski definition) is 6. The van der Waals surface area contributed by atoms with Crippen LogP contribution in [0.15, 0.2) is 36.4 Å². The third-order valence-electron chi connectivity index (χ3n) is 4.91. The lowest BCUT2D eigenvalue weighted by molar-refractivity contribution is -0.0673. The van der Waals surface area contributed by atoms with Crippen molar-refractivity contribution in [2.45, 2.75) is 27.7 Å². The lowest BCUT2D eigenvalue weighted by Crippen LogP contribution is -2.45. The molecular weight excluding hydrogens is 410 g/mol. The van der Waals surface area contributed by atoms with E-state index in [-0.39, 0.29) is 5.41 Å². The zero-order chi connectivity index (χ0) is 20.4. The first-order chi connectivity index (χ1) is 13.9. The van der Waals surface area contributed by atoms with E-state index in [4.69, 9.17) is 27.1 Å². The fourth-order valence-electron chi connectivity index (χ4n) is 3.15. The molecule has 2 saturated heterocycles. The molecule has 2 aliphatic rings. The van der Waals surface area contributed by atoms with Crippen molar-refractivity contribution < 1.29 is 27.1 Å². The first-order valence-corrected chi connectivity index (χ1v) is 11.7. The average Bonchev–Trinajstić information content (AvgIpc) is 2.70. The first-order valence-electron chi connectivity index (χ1n) is 9.55. The van der Waals surface area contributed by atoms with Gasteiger partial charge in [0.1, 0.15) is 11.5 Å². The van der Waals surface area contributed by atoms with Crippen LogP contribution in [-0.4, -0.2) is 26.4 Å². The van der Waals surface area contributed by atoms with Gasteiger partial charge in [0.05, 0.1) is 31.8 Å². The summed E-state index contributed by atoms with van der Waals surface area (Å²) in [5.74, 6) is 1.58. The second-order valence-electron chi connectivity index (χ2n) is 7.76. The quantitative estimate of drug-likeness (QED) is 0.556. The Morgan fingerprint density at radius 2 is 1.03 bits per heavy atom. The highest BCUT2D eigenvalue weighted by molar-refractivity contribution is 7.42. The van der Waals surface area contributed by atoms with Crippen LogP contribution < -0.4 is 9.05 Å². The van der Waals surface area contributed by atoms with Crippen molar-refractivity contribution in [3.05, 3.63) is 58.7 Å². The van der Waals surface area contributed by atoms with Gasteiger partial charge in [-0.05, 0) is 51.0 Å². The summed E-state index contributed by atoms with van der Waals surface area (Å²) in [7, 11) is -2.84. The molecule has 2 aromatic carbocycles. The molecule has 2 heterocycles. The summed E-state index contributed by atoms with van der Waals surface area (Å²) in [6, 6.07) is 12.1. The molecule has 4 rings (SSSR count). The van der Waals surface area contributed by atoms with Gasteiger partial charge in [-0.3, -0.25) is 0 Å². The zero-order valence-corrected chi connectivity index (χ0v) is 18.9. The molecular formula is C21H26O6P2. The molecule has 0 radical (unpaired) electrons. The Hall–Kier alpha value is -1.26. The van der Waals surface area contributed by atoms with Gasteiger partial charge < -0.3 is 27.1 Å². The topological polar surface area (TPSA) is 55.4 Å². The molecule has 0 aromatic heterocycles. The van der Waals surface area contributed by atoms with Crippen molar-refractivity contribution in [2.24, 2.45) is 5.41 Å². The highest BCUT2D eigenvalue weighted by Crippen LogP contribution is 2.53. The third kappa shape index (κ3) is 5.08. The SMILES string of the molecule is Cc1ccc(OP2OCC3(CO2)COP(Oc2ccc(C)cc2C)OC3)c(C)c1. The molecule has 0 atom stereocenters. The molecule has 6 nitrogen and oxygen atoms in total. The van der Waals surface area contributed by atoms with Gasteiger partial charge in [0, 0.05) is 0 Å². The van der Waals surface area contributed by atoms with Gasteiger partial charge >= 0.3 is 17.2 Å². The number of rotatable bonds is 4. The molecule has 156 valence electrons. The molecule has 2 aromatic rings. The highest BCUT2D eigenvalue weighted by atomic mass is 31.2. The molecule has 8 heteroatoms. The maximum atomic E-state index is 5.92. The van der Waals surface area contributed by atoms with E-state index in [0.717, 1.165) is 22.6 Å². The van der Waals surface area contributed by atoms with Crippen molar-refractivity contribution in [1.82, 2.24) is 0 Å². The van der Waals surface area contributed by atoms with E-state index in [0.29, 0.717) is 26.4 Å². The molecule has 2 fully saturated rings. The first kappa shape index (κ1) is 21.0. The molecule has 0 bridgehead atoms. The van der Waals surface area contributed by atoms with E-state index in [1.165, 1.54) is 11.1 Å². The summed E-state index contributed by atoms with van der Waals surface area (Å²) >= 11 is 0. The highest BCUT2D eigenvalue weighted by Gasteiger charge is 2.45. The van der Waals surface area contributed by atoms with Gasteiger partial charge in [-0.15, -0.1) is 0 Å². The molecule has 0 unspecified atom stereocenters. The normalized spacial score (nSPS) is 27.0. The summed E-state index contributed by atoms with van der Waals surface area (Å²) in [6.45, 7) is 10.0. The van der Waals surface area contributed by atoms with Crippen LogP contribution >= 0.6 is 17.2 Å². The van der Waals surface area contributed by atoms with Crippen LogP contribution in [0.1, 0.15) is 22.3 Å². The molecule has 29 heavy (non-hydrogen) atoms. The Kier molecular flexibility index (Phi) is 6.41. The van der Waals surface area contributed by atoms with E-state index in [9.17, 15) is 0 Å². The second kappa shape index (κ2) is 8.85. The van der Waals surface area contributed by atoms with Crippen LogP contribution in [0.3, 0.4) is 0 Å². The predicted octanol–water partition coefficient (Wildman–Crippen LogP) is 5.91. The fourth-order valence-corrected chi connectivity index (χ4v) is 5.76. The molecule has 0 aliphatic carbocycles. The van der Waals surface area contributed by atoms with Crippen LogP contribution in [0.5, 0.6) is 11.5 Å². The Balaban J connectivity index is 1.28. The van der Waals surface area contributed by atoms with Crippen molar-refractivity contribution in [3.63, 3.8) is 0 Å². The van der Waals surface area contributed by atoms with E-state index in [2.05, 4.69) is 26.0 Å². The zero-order valence-electron chi connectivity index (χ0n) is 17.1. The van der Waals surface area contributed by atoms with Gasteiger partial charge in [0.2, 0.25) is 0 Å². The third-order valence-corrected chi connectivity index (χ3v) is 6.96. The summed E-state index contributed by atoms with van der Waals surface area (Å²) in [6.07, 6.45) is 0. The number of aryl methyl sites for hydroxylation is 4. The minimum atomic E-state index is -1.42. The fraction of sp³-hybridized carbons (Fsp3) is 0.429. The molecule has 1 spiro atoms. The molecule has 0 N–H and O–H groups in total. The summed E-state index contributed by atoms with van der Waals surface area (Å²) < 4.78 is 35.3. The number of benzene rings is 2. The van der Waals surface area contributed by atoms with E-state index in [1.807, 2.05) is 38.1 Å². The summed E-state index contributed by atoms with van der Waals surface area (Å²) in [4.78, 5) is 0. The summed E-state index contributed by atoms with van der Waals surface area (Å²) in [5, 5.41) is 0. The minimum absolute atomic E-state index is 0.324. The molecule has 0 amide bonds. The van der Waals surface area contributed by atoms with Gasteiger partial charge in [0.25, 0.3) is 0 Å². The molecule has 0 saturated carbocycles. The van der Waals surface area contributed by atoms with Crippen LogP contribution in [0.2, 0.25) is 0 Å². The van der Waals surface area contributed by atoms with Crippen molar-refractivity contribution >= 4 is 17.2 Å². The van der Waals surface area contributed by atoms with E-state index >= 15 is 0 Å². The Labute approximate surface area is 174 Å². The van der Waals surface area contributed by atoms with Gasteiger partial charge in [-0.25, -0.2) is 0 Å². The van der Waals surface area contributed by atoms with E-state index in [1.54, 1.807) is 0 Å².